The molecule has 8 nitrogen and oxygen atoms in total. The first-order chi connectivity index (χ1) is 21.4. The molecule has 0 bridgehead atoms. The minimum absolute atomic E-state index is 0.0164. The summed E-state index contributed by atoms with van der Waals surface area (Å²) in [5, 5.41) is 0. The molecular weight excluding hydrogens is 625 g/mol. The van der Waals surface area contributed by atoms with Crippen LogP contribution in [0.3, 0.4) is 0 Å². The van der Waals surface area contributed by atoms with Crippen molar-refractivity contribution in [3.05, 3.63) is 65.0 Å². The molecule has 0 N–H and O–H groups in total. The van der Waals surface area contributed by atoms with Crippen LogP contribution in [0.4, 0.5) is 46.0 Å². The Morgan fingerprint density at radius 1 is 0.804 bits per heavy atom. The van der Waals surface area contributed by atoms with Crippen molar-refractivity contribution < 1.29 is 49.9 Å². The van der Waals surface area contributed by atoms with Crippen molar-refractivity contribution in [1.82, 2.24) is 14.7 Å². The number of urea groups is 1. The molecule has 15 heteroatoms. The number of anilines is 1. The standard InChI is InChI=1S/C31H35F7N4O4/c1-39(24-14-20(30(33,34)35)13-21(15-24)31(36,37)38)28(44)41(3)26-17-42(16-25(26)18-5-9-22(32)10-6-18)27(43)19-7-11-23(12-8-19)40(2)29(45)46-4/h5-6,9-10,13-15,19,23,25-26H,7-8,11-12,16-17H2,1-4H3/t19?,23?,25-,26+/m0/s1. The van der Waals surface area contributed by atoms with Gasteiger partial charge >= 0.3 is 24.5 Å². The van der Waals surface area contributed by atoms with Crippen LogP contribution >= 0.6 is 0 Å². The highest BCUT2D eigenvalue weighted by Gasteiger charge is 2.44. The number of carbonyl (C=O) groups excluding carboxylic acids is 3. The maximum atomic E-state index is 13.8. The van der Waals surface area contributed by atoms with E-state index in [1.165, 1.54) is 48.2 Å². The molecule has 4 amide bonds. The Morgan fingerprint density at radius 3 is 1.85 bits per heavy atom. The van der Waals surface area contributed by atoms with Gasteiger partial charge in [0.15, 0.2) is 0 Å². The Bertz CT molecular complexity index is 1390. The number of nitrogens with zero attached hydrogens (tertiary/aromatic N) is 4. The number of ether oxygens (including phenoxy) is 1. The van der Waals surface area contributed by atoms with E-state index >= 15 is 0 Å². The molecule has 2 fully saturated rings. The van der Waals surface area contributed by atoms with E-state index in [2.05, 4.69) is 0 Å². The Hall–Kier alpha value is -4.04. The van der Waals surface area contributed by atoms with Crippen molar-refractivity contribution in [1.29, 1.82) is 0 Å². The minimum Gasteiger partial charge on any atom is -0.453 e. The number of rotatable bonds is 5. The van der Waals surface area contributed by atoms with Gasteiger partial charge in [0, 0.05) is 57.8 Å². The van der Waals surface area contributed by atoms with Gasteiger partial charge in [-0.05, 0) is 61.6 Å². The number of hydrogen-bond donors (Lipinski definition) is 0. The van der Waals surface area contributed by atoms with Crippen molar-refractivity contribution in [2.24, 2.45) is 5.92 Å². The lowest BCUT2D eigenvalue weighted by molar-refractivity contribution is -0.143. The summed E-state index contributed by atoms with van der Waals surface area (Å²) in [7, 11) is 5.35. The molecule has 0 unspecified atom stereocenters. The Morgan fingerprint density at radius 2 is 1.35 bits per heavy atom. The highest BCUT2D eigenvalue weighted by molar-refractivity contribution is 5.92. The van der Waals surface area contributed by atoms with Crippen LogP contribution in [-0.4, -0.2) is 86.2 Å². The largest absolute Gasteiger partial charge is 0.453 e. The molecule has 46 heavy (non-hydrogen) atoms. The number of likely N-dealkylation sites (N-methyl/N-ethyl adjacent to an activating group) is 1. The number of benzene rings is 2. The summed E-state index contributed by atoms with van der Waals surface area (Å²) in [5.74, 6) is -1.56. The average molecular weight is 661 g/mol. The minimum atomic E-state index is -5.10. The van der Waals surface area contributed by atoms with Crippen molar-refractivity contribution >= 4 is 23.7 Å². The van der Waals surface area contributed by atoms with Gasteiger partial charge in [0.05, 0.1) is 24.3 Å². The summed E-state index contributed by atoms with van der Waals surface area (Å²) in [6.07, 6.45) is -8.53. The van der Waals surface area contributed by atoms with Gasteiger partial charge in [-0.2, -0.15) is 26.3 Å². The molecule has 1 aliphatic carbocycles. The number of methoxy groups -OCH3 is 1. The average Bonchev–Trinajstić information content (AvgIpc) is 3.47. The molecule has 0 aromatic heterocycles. The van der Waals surface area contributed by atoms with Gasteiger partial charge < -0.3 is 19.4 Å². The van der Waals surface area contributed by atoms with Crippen molar-refractivity contribution in [3.63, 3.8) is 0 Å². The molecule has 1 saturated carbocycles. The molecule has 2 atom stereocenters. The second kappa shape index (κ2) is 13.4. The van der Waals surface area contributed by atoms with Crippen LogP contribution in [0.25, 0.3) is 0 Å². The Balaban J connectivity index is 1.57. The van der Waals surface area contributed by atoms with Crippen LogP contribution in [0.15, 0.2) is 42.5 Å². The fourth-order valence-corrected chi connectivity index (χ4v) is 6.28. The zero-order valence-electron chi connectivity index (χ0n) is 25.7. The lowest BCUT2D eigenvalue weighted by Gasteiger charge is -2.35. The number of carbonyl (C=O) groups is 3. The quantitative estimate of drug-likeness (QED) is 0.339. The molecule has 0 radical (unpaired) electrons. The van der Waals surface area contributed by atoms with E-state index in [-0.39, 0.29) is 37.0 Å². The maximum absolute atomic E-state index is 13.8. The van der Waals surface area contributed by atoms with E-state index in [0.717, 1.165) is 7.05 Å². The molecule has 1 heterocycles. The van der Waals surface area contributed by atoms with Crippen LogP contribution in [0.5, 0.6) is 0 Å². The highest BCUT2D eigenvalue weighted by atomic mass is 19.4. The van der Waals surface area contributed by atoms with E-state index < -0.39 is 59.1 Å². The van der Waals surface area contributed by atoms with Crippen LogP contribution in [-0.2, 0) is 21.9 Å². The first-order valence-corrected chi connectivity index (χ1v) is 14.6. The lowest BCUT2D eigenvalue weighted by atomic mass is 9.84. The predicted molar refractivity (Wildman–Crippen MR) is 153 cm³/mol. The smallest absolute Gasteiger partial charge is 0.416 e. The second-order valence-electron chi connectivity index (χ2n) is 11.8. The van der Waals surface area contributed by atoms with Crippen LogP contribution in [0.1, 0.15) is 48.3 Å². The zero-order chi connectivity index (χ0) is 34.1. The third-order valence-corrected chi connectivity index (χ3v) is 9.00. The molecule has 1 aliphatic heterocycles. The molecule has 2 aromatic carbocycles. The van der Waals surface area contributed by atoms with Gasteiger partial charge in [-0.1, -0.05) is 12.1 Å². The van der Waals surface area contributed by atoms with Gasteiger partial charge in [-0.25, -0.2) is 14.0 Å². The summed E-state index contributed by atoms with van der Waals surface area (Å²) in [5.41, 5.74) is -3.13. The van der Waals surface area contributed by atoms with Crippen molar-refractivity contribution in [3.8, 4) is 0 Å². The second-order valence-corrected chi connectivity index (χ2v) is 11.8. The zero-order valence-corrected chi connectivity index (χ0v) is 25.7. The van der Waals surface area contributed by atoms with Crippen LogP contribution in [0.2, 0.25) is 0 Å². The van der Waals surface area contributed by atoms with Gasteiger partial charge in [0.25, 0.3) is 0 Å². The molecule has 4 rings (SSSR count). The first kappa shape index (κ1) is 34.8. The van der Waals surface area contributed by atoms with Crippen molar-refractivity contribution in [2.45, 2.75) is 56.0 Å². The number of halogens is 7. The van der Waals surface area contributed by atoms with E-state index in [4.69, 9.17) is 4.74 Å². The molecular formula is C31H35F7N4O4. The molecule has 2 aromatic rings. The molecule has 1 saturated heterocycles. The maximum Gasteiger partial charge on any atom is 0.416 e. The lowest BCUT2D eigenvalue weighted by Crippen LogP contribution is -2.48. The Kier molecular flexibility index (Phi) is 10.1. The van der Waals surface area contributed by atoms with Gasteiger partial charge in [-0.3, -0.25) is 9.69 Å². The van der Waals surface area contributed by atoms with E-state index in [0.29, 0.717) is 48.3 Å². The first-order valence-electron chi connectivity index (χ1n) is 14.6. The summed E-state index contributed by atoms with van der Waals surface area (Å²) >= 11 is 0. The third kappa shape index (κ3) is 7.49. The molecule has 252 valence electrons. The number of likely N-dealkylation sites (tertiary alicyclic amines) is 1. The van der Waals surface area contributed by atoms with Gasteiger partial charge in [0.1, 0.15) is 5.82 Å². The summed E-state index contributed by atoms with van der Waals surface area (Å²) in [6.45, 7) is 0.190. The summed E-state index contributed by atoms with van der Waals surface area (Å²) in [6, 6.07) is 4.67. The molecule has 0 spiro atoms. The number of amides is 4. The van der Waals surface area contributed by atoms with E-state index in [9.17, 15) is 45.1 Å². The van der Waals surface area contributed by atoms with E-state index in [1.807, 2.05) is 0 Å². The fraction of sp³-hybridized carbons (Fsp3) is 0.516. The third-order valence-electron chi connectivity index (χ3n) is 9.00. The SMILES string of the molecule is COC(=O)N(C)C1CCC(C(=O)N2C[C@@H](N(C)C(=O)N(C)c3cc(C(F)(F)F)cc(C(F)(F)F)c3)[C@H](c3ccc(F)cc3)C2)CC1. The monoisotopic (exact) mass is 660 g/mol. The topological polar surface area (TPSA) is 73.4 Å². The highest BCUT2D eigenvalue weighted by Crippen LogP contribution is 2.39. The number of alkyl halides is 6. The van der Waals surface area contributed by atoms with Gasteiger partial charge in [0.2, 0.25) is 5.91 Å². The fourth-order valence-electron chi connectivity index (χ4n) is 6.28. The van der Waals surface area contributed by atoms with Crippen molar-refractivity contribution in [2.75, 3.05) is 46.2 Å². The van der Waals surface area contributed by atoms with Crippen LogP contribution in [0, 0.1) is 11.7 Å². The summed E-state index contributed by atoms with van der Waals surface area (Å²) in [4.78, 5) is 44.2. The molecule has 2 aliphatic rings. The summed E-state index contributed by atoms with van der Waals surface area (Å²) < 4.78 is 99.5. The van der Waals surface area contributed by atoms with Crippen LogP contribution < -0.4 is 4.90 Å². The Labute approximate surface area is 261 Å². The predicted octanol–water partition coefficient (Wildman–Crippen LogP) is 6.60. The van der Waals surface area contributed by atoms with Gasteiger partial charge in [-0.15, -0.1) is 0 Å². The van der Waals surface area contributed by atoms with E-state index in [1.54, 1.807) is 11.9 Å². The normalized spacial score (nSPS) is 21.9. The number of hydrogen-bond acceptors (Lipinski definition) is 4.